The number of rotatable bonds is 9. The summed E-state index contributed by atoms with van der Waals surface area (Å²) in [5, 5.41) is 11.9. The van der Waals surface area contributed by atoms with Gasteiger partial charge >= 0.3 is 0 Å². The van der Waals surface area contributed by atoms with Gasteiger partial charge in [-0.15, -0.1) is 10.2 Å². The van der Waals surface area contributed by atoms with Crippen LogP contribution in [0.25, 0.3) is 11.3 Å². The summed E-state index contributed by atoms with van der Waals surface area (Å²) in [7, 11) is 6.28. The molecule has 0 unspecified atom stereocenters. The van der Waals surface area contributed by atoms with Crippen molar-refractivity contribution in [1.29, 1.82) is 0 Å². The average molecular weight is 442 g/mol. The molecule has 0 fully saturated rings. The molecule has 0 aliphatic heterocycles. The summed E-state index contributed by atoms with van der Waals surface area (Å²) in [4.78, 5) is 12.4. The first-order valence-corrected chi connectivity index (χ1v) is 10.3. The number of ether oxygens (including phenoxy) is 4. The summed E-state index contributed by atoms with van der Waals surface area (Å²) >= 11 is 1.29. The van der Waals surface area contributed by atoms with Crippen LogP contribution < -0.4 is 24.3 Å². The van der Waals surface area contributed by atoms with Crippen molar-refractivity contribution >= 4 is 23.4 Å². The molecule has 0 radical (unpaired) electrons. The molecule has 3 aromatic rings. The summed E-state index contributed by atoms with van der Waals surface area (Å²) in [5.41, 5.74) is 2.09. The Labute approximate surface area is 184 Å². The van der Waals surface area contributed by atoms with Crippen molar-refractivity contribution in [2.45, 2.75) is 5.03 Å². The summed E-state index contributed by atoms with van der Waals surface area (Å²) < 4.78 is 21.1. The van der Waals surface area contributed by atoms with Crippen molar-refractivity contribution in [2.75, 3.05) is 39.5 Å². The van der Waals surface area contributed by atoms with Crippen molar-refractivity contribution in [3.05, 3.63) is 48.5 Å². The monoisotopic (exact) mass is 441 g/mol. The molecule has 2 aromatic carbocycles. The maximum Gasteiger partial charge on any atom is 0.234 e. The molecule has 0 atom stereocenters. The molecular formula is C22H23N3O5S. The van der Waals surface area contributed by atoms with Gasteiger partial charge in [0.15, 0.2) is 11.5 Å². The summed E-state index contributed by atoms with van der Waals surface area (Å²) in [6.45, 7) is 0. The van der Waals surface area contributed by atoms with E-state index in [0.717, 1.165) is 5.56 Å². The van der Waals surface area contributed by atoms with E-state index in [1.54, 1.807) is 46.6 Å². The maximum absolute atomic E-state index is 12.4. The molecule has 3 rings (SSSR count). The number of hydrogen-bond donors (Lipinski definition) is 1. The van der Waals surface area contributed by atoms with Gasteiger partial charge < -0.3 is 24.3 Å². The molecular weight excluding hydrogens is 418 g/mol. The van der Waals surface area contributed by atoms with E-state index in [2.05, 4.69) is 15.5 Å². The first-order valence-electron chi connectivity index (χ1n) is 9.28. The highest BCUT2D eigenvalue weighted by atomic mass is 32.2. The van der Waals surface area contributed by atoms with Crippen LogP contribution in [0, 0.1) is 0 Å². The molecule has 0 spiro atoms. The molecule has 1 amide bonds. The summed E-state index contributed by atoms with van der Waals surface area (Å²) in [6.07, 6.45) is 0. The van der Waals surface area contributed by atoms with Crippen molar-refractivity contribution in [3.8, 4) is 34.3 Å². The van der Waals surface area contributed by atoms with Gasteiger partial charge in [-0.2, -0.15) is 0 Å². The minimum Gasteiger partial charge on any atom is -0.497 e. The second-order valence-electron chi connectivity index (χ2n) is 6.23. The Kier molecular flexibility index (Phi) is 7.55. The number of thioether (sulfide) groups is 1. The number of benzene rings is 2. The van der Waals surface area contributed by atoms with E-state index in [9.17, 15) is 4.79 Å². The van der Waals surface area contributed by atoms with E-state index >= 15 is 0 Å². The zero-order chi connectivity index (χ0) is 22.2. The van der Waals surface area contributed by atoms with Crippen molar-refractivity contribution in [1.82, 2.24) is 10.2 Å². The number of carbonyl (C=O) groups is 1. The van der Waals surface area contributed by atoms with Gasteiger partial charge in [-0.1, -0.05) is 11.8 Å². The Bertz CT molecular complexity index is 1040. The number of aromatic nitrogens is 2. The zero-order valence-electron chi connectivity index (χ0n) is 17.7. The van der Waals surface area contributed by atoms with E-state index in [4.69, 9.17) is 18.9 Å². The van der Waals surface area contributed by atoms with Gasteiger partial charge in [-0.3, -0.25) is 4.79 Å². The predicted octanol–water partition coefficient (Wildman–Crippen LogP) is 3.91. The van der Waals surface area contributed by atoms with Gasteiger partial charge in [0.1, 0.15) is 16.5 Å². The van der Waals surface area contributed by atoms with E-state index in [-0.39, 0.29) is 11.7 Å². The highest BCUT2D eigenvalue weighted by Crippen LogP contribution is 2.32. The first-order chi connectivity index (χ1) is 15.1. The summed E-state index contributed by atoms with van der Waals surface area (Å²) in [6, 6.07) is 14.4. The summed E-state index contributed by atoms with van der Waals surface area (Å²) in [5.74, 6) is 2.42. The van der Waals surface area contributed by atoms with Gasteiger partial charge in [0.25, 0.3) is 0 Å². The zero-order valence-corrected chi connectivity index (χ0v) is 18.5. The normalized spacial score (nSPS) is 10.3. The molecule has 162 valence electrons. The van der Waals surface area contributed by atoms with Gasteiger partial charge in [0.05, 0.1) is 45.6 Å². The number of methoxy groups -OCH3 is 4. The third-order valence-electron chi connectivity index (χ3n) is 4.35. The highest BCUT2D eigenvalue weighted by molar-refractivity contribution is 7.99. The maximum atomic E-state index is 12.4. The van der Waals surface area contributed by atoms with Crippen molar-refractivity contribution < 1.29 is 23.7 Å². The Balaban J connectivity index is 1.62. The molecule has 1 N–H and O–H groups in total. The fourth-order valence-electron chi connectivity index (χ4n) is 2.78. The molecule has 0 bridgehead atoms. The molecule has 0 aliphatic carbocycles. The lowest BCUT2D eigenvalue weighted by molar-refractivity contribution is -0.113. The van der Waals surface area contributed by atoms with Gasteiger partial charge in [-0.05, 0) is 42.5 Å². The Hall–Kier alpha value is -3.46. The number of carbonyl (C=O) groups excluding carboxylic acids is 1. The molecule has 0 aliphatic rings. The lowest BCUT2D eigenvalue weighted by Gasteiger charge is -2.11. The average Bonchev–Trinajstić information content (AvgIpc) is 2.82. The smallest absolute Gasteiger partial charge is 0.234 e. The van der Waals surface area contributed by atoms with E-state index in [1.165, 1.54) is 11.8 Å². The SMILES string of the molecule is COc1ccc(OC)c(NC(=O)CSc2ccc(-c3ccc(OC)c(OC)c3)nn2)c1. The minimum absolute atomic E-state index is 0.171. The van der Waals surface area contributed by atoms with Crippen LogP contribution in [0.2, 0.25) is 0 Å². The Morgan fingerprint density at radius 3 is 2.23 bits per heavy atom. The molecule has 0 saturated heterocycles. The fraction of sp³-hybridized carbons (Fsp3) is 0.227. The number of anilines is 1. The van der Waals surface area contributed by atoms with Gasteiger partial charge in [-0.25, -0.2) is 0 Å². The molecule has 1 aromatic heterocycles. The Morgan fingerprint density at radius 2 is 1.58 bits per heavy atom. The van der Waals surface area contributed by atoms with Gasteiger partial charge in [0, 0.05) is 11.6 Å². The van der Waals surface area contributed by atoms with Crippen LogP contribution in [-0.4, -0.2) is 50.3 Å². The second-order valence-corrected chi connectivity index (χ2v) is 7.23. The topological polar surface area (TPSA) is 91.8 Å². The third kappa shape index (κ3) is 5.58. The molecule has 0 saturated carbocycles. The number of amides is 1. The van der Waals surface area contributed by atoms with Crippen LogP contribution in [0.15, 0.2) is 53.6 Å². The van der Waals surface area contributed by atoms with E-state index < -0.39 is 0 Å². The molecule has 9 heteroatoms. The molecule has 8 nitrogen and oxygen atoms in total. The van der Waals surface area contributed by atoms with Crippen LogP contribution >= 0.6 is 11.8 Å². The largest absolute Gasteiger partial charge is 0.497 e. The van der Waals surface area contributed by atoms with Crippen molar-refractivity contribution in [2.24, 2.45) is 0 Å². The van der Waals surface area contributed by atoms with E-state index in [1.807, 2.05) is 30.3 Å². The highest BCUT2D eigenvalue weighted by Gasteiger charge is 2.11. The molecule has 31 heavy (non-hydrogen) atoms. The Morgan fingerprint density at radius 1 is 0.839 bits per heavy atom. The van der Waals surface area contributed by atoms with Crippen LogP contribution in [0.5, 0.6) is 23.0 Å². The van der Waals surface area contributed by atoms with Crippen LogP contribution in [0.1, 0.15) is 0 Å². The first kappa shape index (κ1) is 22.2. The quantitative estimate of drug-likeness (QED) is 0.500. The van der Waals surface area contributed by atoms with Gasteiger partial charge in [0.2, 0.25) is 5.91 Å². The lowest BCUT2D eigenvalue weighted by atomic mass is 10.1. The van der Waals surface area contributed by atoms with Crippen molar-refractivity contribution in [3.63, 3.8) is 0 Å². The molecule has 1 heterocycles. The van der Waals surface area contributed by atoms with Crippen LogP contribution in [0.4, 0.5) is 5.69 Å². The van der Waals surface area contributed by atoms with E-state index in [0.29, 0.717) is 39.4 Å². The third-order valence-corrected chi connectivity index (χ3v) is 5.27. The van der Waals surface area contributed by atoms with Crippen LogP contribution in [0.3, 0.4) is 0 Å². The fourth-order valence-corrected chi connectivity index (χ4v) is 3.40. The number of nitrogens with zero attached hydrogens (tertiary/aromatic N) is 2. The van der Waals surface area contributed by atoms with Crippen LogP contribution in [-0.2, 0) is 4.79 Å². The second kappa shape index (κ2) is 10.5. The number of nitrogens with one attached hydrogen (secondary N) is 1. The minimum atomic E-state index is -0.192. The standard InChI is InChI=1S/C22H23N3O5S/c1-27-15-6-9-18(28-2)17(12-15)23-21(26)13-31-22-10-7-16(24-25-22)14-5-8-19(29-3)20(11-14)30-4/h5-12H,13H2,1-4H3,(H,23,26). The number of hydrogen-bond acceptors (Lipinski definition) is 8. The predicted molar refractivity (Wildman–Crippen MR) is 119 cm³/mol. The lowest BCUT2D eigenvalue weighted by Crippen LogP contribution is -2.15.